The van der Waals surface area contributed by atoms with Gasteiger partial charge in [0.05, 0.1) is 38.4 Å². The van der Waals surface area contributed by atoms with Crippen molar-refractivity contribution in [2.45, 2.75) is 45.6 Å². The Bertz CT molecular complexity index is 1010. The summed E-state index contributed by atoms with van der Waals surface area (Å²) in [4.78, 5) is 47.0. The van der Waals surface area contributed by atoms with Gasteiger partial charge in [0.2, 0.25) is 5.91 Å². The molecule has 4 rings (SSSR count). The van der Waals surface area contributed by atoms with Gasteiger partial charge < -0.3 is 9.64 Å². The first kappa shape index (κ1) is 24.4. The van der Waals surface area contributed by atoms with Crippen LogP contribution in [0.3, 0.4) is 0 Å². The Balaban J connectivity index is 1.33. The average molecular weight is 470 g/mol. The van der Waals surface area contributed by atoms with Crippen molar-refractivity contribution in [2.24, 2.45) is 10.9 Å². The molecule has 34 heavy (non-hydrogen) atoms. The van der Waals surface area contributed by atoms with Crippen LogP contribution >= 0.6 is 0 Å². The van der Waals surface area contributed by atoms with Crippen molar-refractivity contribution in [3.8, 4) is 0 Å². The molecule has 182 valence electrons. The lowest BCUT2D eigenvalue weighted by molar-refractivity contribution is -0.133. The number of nitrogens with zero attached hydrogens (tertiary/aromatic N) is 3. The molecule has 1 aromatic carbocycles. The molecule has 0 bridgehead atoms. The minimum Gasteiger partial charge on any atom is -0.376 e. The van der Waals surface area contributed by atoms with Gasteiger partial charge in [0, 0.05) is 35.2 Å². The third-order valence-corrected chi connectivity index (χ3v) is 6.81. The summed E-state index contributed by atoms with van der Waals surface area (Å²) in [5.41, 5.74) is 2.75. The molecule has 8 heteroatoms. The summed E-state index contributed by atoms with van der Waals surface area (Å²) in [6.07, 6.45) is 2.21. The summed E-state index contributed by atoms with van der Waals surface area (Å²) in [6, 6.07) is 5.67. The number of rotatable bonds is 7. The minimum absolute atomic E-state index is 0.000198. The van der Waals surface area contributed by atoms with E-state index in [-0.39, 0.29) is 48.2 Å². The number of hydrogen-bond donors (Lipinski definition) is 0. The molecular formula is C26H32FN3O4. The van der Waals surface area contributed by atoms with Crippen molar-refractivity contribution >= 4 is 23.2 Å². The molecule has 1 aromatic rings. The van der Waals surface area contributed by atoms with Crippen LogP contribution in [0.15, 0.2) is 40.5 Å². The van der Waals surface area contributed by atoms with Gasteiger partial charge in [-0.2, -0.15) is 0 Å². The van der Waals surface area contributed by atoms with Crippen LogP contribution < -0.4 is 0 Å². The fraction of sp³-hybridized carbons (Fsp3) is 0.538. The second-order valence-electron chi connectivity index (χ2n) is 9.54. The molecule has 0 spiro atoms. The van der Waals surface area contributed by atoms with Crippen molar-refractivity contribution < 1.29 is 23.5 Å². The third-order valence-electron chi connectivity index (χ3n) is 6.81. The topological polar surface area (TPSA) is 79.3 Å². The lowest BCUT2D eigenvalue weighted by Crippen LogP contribution is -2.48. The maximum atomic E-state index is 13.2. The van der Waals surface area contributed by atoms with Gasteiger partial charge in [-0.05, 0) is 64.0 Å². The van der Waals surface area contributed by atoms with Gasteiger partial charge in [0.1, 0.15) is 5.82 Å². The SMILES string of the molecule is CC(C)N(CC1=NC2=C(COCC2)C(=O)C1)C(=O)CN1CCC(C(=O)c2ccc(F)cc2)CC1. The van der Waals surface area contributed by atoms with Crippen LogP contribution in [0.2, 0.25) is 0 Å². The summed E-state index contributed by atoms with van der Waals surface area (Å²) in [7, 11) is 0. The molecule has 3 aliphatic rings. The molecule has 1 fully saturated rings. The molecule has 0 aromatic heterocycles. The van der Waals surface area contributed by atoms with Crippen molar-refractivity contribution in [3.05, 3.63) is 46.9 Å². The predicted octanol–water partition coefficient (Wildman–Crippen LogP) is 3.05. The Kier molecular flexibility index (Phi) is 7.68. The van der Waals surface area contributed by atoms with Crippen LogP contribution in [-0.2, 0) is 14.3 Å². The monoisotopic (exact) mass is 469 g/mol. The molecule has 0 unspecified atom stereocenters. The van der Waals surface area contributed by atoms with E-state index in [2.05, 4.69) is 4.90 Å². The molecule has 7 nitrogen and oxygen atoms in total. The molecular weight excluding hydrogens is 437 g/mol. The quantitative estimate of drug-likeness (QED) is 0.574. The Morgan fingerprint density at radius 3 is 2.59 bits per heavy atom. The van der Waals surface area contributed by atoms with Crippen molar-refractivity contribution in [1.29, 1.82) is 0 Å². The number of benzene rings is 1. The van der Waals surface area contributed by atoms with Crippen molar-refractivity contribution in [2.75, 3.05) is 39.4 Å². The van der Waals surface area contributed by atoms with E-state index in [1.54, 1.807) is 4.90 Å². The number of amides is 1. The van der Waals surface area contributed by atoms with E-state index in [0.717, 1.165) is 11.4 Å². The highest BCUT2D eigenvalue weighted by molar-refractivity contribution is 6.13. The summed E-state index contributed by atoms with van der Waals surface area (Å²) in [5.74, 6) is -0.379. The number of hydrogen-bond acceptors (Lipinski definition) is 6. The smallest absolute Gasteiger partial charge is 0.237 e. The molecule has 0 radical (unpaired) electrons. The van der Waals surface area contributed by atoms with Gasteiger partial charge >= 0.3 is 0 Å². The van der Waals surface area contributed by atoms with Crippen LogP contribution in [0.1, 0.15) is 49.9 Å². The van der Waals surface area contributed by atoms with Crippen molar-refractivity contribution in [3.63, 3.8) is 0 Å². The van der Waals surface area contributed by atoms with E-state index in [4.69, 9.17) is 9.73 Å². The standard InChI is InChI=1S/C26H32FN3O4/c1-17(2)30(14-21-13-24(31)22-16-34-12-9-23(22)28-21)25(32)15-29-10-7-19(8-11-29)26(33)18-3-5-20(27)6-4-18/h3-6,17,19H,7-16H2,1-2H3. The Hall–Kier alpha value is -2.71. The second-order valence-corrected chi connectivity index (χ2v) is 9.54. The zero-order valence-electron chi connectivity index (χ0n) is 19.9. The number of likely N-dealkylation sites (tertiary alicyclic amines) is 1. The average Bonchev–Trinajstić information content (AvgIpc) is 2.83. The van der Waals surface area contributed by atoms with Crippen LogP contribution in [0.4, 0.5) is 4.39 Å². The lowest BCUT2D eigenvalue weighted by Gasteiger charge is -2.34. The van der Waals surface area contributed by atoms with Crippen LogP contribution in [0.5, 0.6) is 0 Å². The zero-order valence-corrected chi connectivity index (χ0v) is 19.9. The van der Waals surface area contributed by atoms with Gasteiger partial charge in [-0.25, -0.2) is 4.39 Å². The van der Waals surface area contributed by atoms with Crippen molar-refractivity contribution in [1.82, 2.24) is 9.80 Å². The zero-order chi connectivity index (χ0) is 24.2. The largest absolute Gasteiger partial charge is 0.376 e. The molecule has 0 atom stereocenters. The number of carbonyl (C=O) groups excluding carboxylic acids is 3. The van der Waals surface area contributed by atoms with E-state index in [0.29, 0.717) is 63.2 Å². The molecule has 3 aliphatic heterocycles. The van der Waals surface area contributed by atoms with Crippen LogP contribution in [0.25, 0.3) is 0 Å². The van der Waals surface area contributed by atoms with Gasteiger partial charge in [0.25, 0.3) is 0 Å². The van der Waals surface area contributed by atoms with Crippen LogP contribution in [0, 0.1) is 11.7 Å². The number of Topliss-reactive ketones (excluding diaryl/α,β-unsaturated/α-hetero) is 2. The molecule has 1 saturated heterocycles. The predicted molar refractivity (Wildman–Crippen MR) is 126 cm³/mol. The Morgan fingerprint density at radius 1 is 1.21 bits per heavy atom. The lowest BCUT2D eigenvalue weighted by atomic mass is 9.89. The van der Waals surface area contributed by atoms with Gasteiger partial charge in [-0.1, -0.05) is 0 Å². The van der Waals surface area contributed by atoms with E-state index in [1.165, 1.54) is 24.3 Å². The van der Waals surface area contributed by atoms with Gasteiger partial charge in [-0.3, -0.25) is 24.3 Å². The van der Waals surface area contributed by atoms with E-state index < -0.39 is 0 Å². The molecule has 1 amide bonds. The number of ether oxygens (including phenoxy) is 1. The summed E-state index contributed by atoms with van der Waals surface area (Å²) >= 11 is 0. The van der Waals surface area contributed by atoms with E-state index in [9.17, 15) is 18.8 Å². The molecule has 0 saturated carbocycles. The fourth-order valence-electron chi connectivity index (χ4n) is 4.80. The summed E-state index contributed by atoms with van der Waals surface area (Å²) < 4.78 is 18.5. The number of piperidine rings is 1. The number of halogens is 1. The number of ketones is 2. The maximum absolute atomic E-state index is 13.2. The normalized spacial score (nSPS) is 19.8. The summed E-state index contributed by atoms with van der Waals surface area (Å²) in [5, 5.41) is 0. The third kappa shape index (κ3) is 5.67. The molecule has 0 aliphatic carbocycles. The maximum Gasteiger partial charge on any atom is 0.237 e. The highest BCUT2D eigenvalue weighted by Gasteiger charge is 2.30. The Labute approximate surface area is 199 Å². The van der Waals surface area contributed by atoms with Gasteiger partial charge in [-0.15, -0.1) is 0 Å². The molecule has 0 N–H and O–H groups in total. The highest BCUT2D eigenvalue weighted by atomic mass is 19.1. The fourth-order valence-corrected chi connectivity index (χ4v) is 4.80. The molecule has 3 heterocycles. The number of aliphatic imine (C=N–C) groups is 1. The number of carbonyl (C=O) groups is 3. The van der Waals surface area contributed by atoms with E-state index in [1.807, 2.05) is 13.8 Å². The first-order chi connectivity index (χ1) is 16.3. The Morgan fingerprint density at radius 2 is 1.91 bits per heavy atom. The first-order valence-electron chi connectivity index (χ1n) is 12.0. The van der Waals surface area contributed by atoms with E-state index >= 15 is 0 Å². The van der Waals surface area contributed by atoms with Crippen LogP contribution in [-0.4, -0.2) is 78.4 Å². The van der Waals surface area contributed by atoms with Gasteiger partial charge in [0.15, 0.2) is 11.6 Å². The minimum atomic E-state index is -0.354. The summed E-state index contributed by atoms with van der Waals surface area (Å²) in [6.45, 7) is 6.77. The highest BCUT2D eigenvalue weighted by Crippen LogP contribution is 2.25. The second kappa shape index (κ2) is 10.7. The first-order valence-corrected chi connectivity index (χ1v) is 12.0.